The molecule has 0 radical (unpaired) electrons. The van der Waals surface area contributed by atoms with Crippen LogP contribution >= 0.6 is 23.2 Å². The van der Waals surface area contributed by atoms with E-state index in [1.165, 1.54) is 6.07 Å². The van der Waals surface area contributed by atoms with Gasteiger partial charge in [0, 0.05) is 28.2 Å². The summed E-state index contributed by atoms with van der Waals surface area (Å²) in [5.74, 6) is 0.0490. The van der Waals surface area contributed by atoms with Crippen LogP contribution in [-0.4, -0.2) is 15.3 Å². The standard InChI is InChI=1S/C14H11Cl2N3O/c15-10-3-9(14(20)12(16)5-10)6-17-11-1-2-13-8(4-11)7-18-19-13/h1-5,7,17,20H,6H2,(H,18,19). The van der Waals surface area contributed by atoms with Gasteiger partial charge in [-0.25, -0.2) is 0 Å². The van der Waals surface area contributed by atoms with E-state index >= 15 is 0 Å². The predicted octanol–water partition coefficient (Wildman–Crippen LogP) is 4.19. The number of benzene rings is 2. The number of halogens is 2. The summed E-state index contributed by atoms with van der Waals surface area (Å²) in [6.07, 6.45) is 1.76. The first-order valence-electron chi connectivity index (χ1n) is 5.97. The first-order valence-corrected chi connectivity index (χ1v) is 6.73. The van der Waals surface area contributed by atoms with Gasteiger partial charge in [0.15, 0.2) is 0 Å². The van der Waals surface area contributed by atoms with E-state index in [-0.39, 0.29) is 10.8 Å². The van der Waals surface area contributed by atoms with Crippen LogP contribution in [-0.2, 0) is 6.54 Å². The predicted molar refractivity (Wildman–Crippen MR) is 81.5 cm³/mol. The van der Waals surface area contributed by atoms with Crippen LogP contribution in [0, 0.1) is 0 Å². The third-order valence-corrected chi connectivity index (χ3v) is 3.54. The quantitative estimate of drug-likeness (QED) is 0.680. The van der Waals surface area contributed by atoms with Crippen LogP contribution in [0.2, 0.25) is 10.0 Å². The van der Waals surface area contributed by atoms with Crippen LogP contribution < -0.4 is 5.32 Å². The Morgan fingerprint density at radius 1 is 1.20 bits per heavy atom. The van der Waals surface area contributed by atoms with Gasteiger partial charge in [0.05, 0.1) is 16.7 Å². The zero-order chi connectivity index (χ0) is 14.1. The van der Waals surface area contributed by atoms with Crippen molar-refractivity contribution in [1.29, 1.82) is 0 Å². The number of nitrogens with zero attached hydrogens (tertiary/aromatic N) is 1. The Hall–Kier alpha value is -1.91. The molecule has 3 rings (SSSR count). The molecule has 0 unspecified atom stereocenters. The number of H-pyrrole nitrogens is 1. The maximum Gasteiger partial charge on any atom is 0.139 e. The molecule has 0 amide bonds. The third-order valence-electron chi connectivity index (χ3n) is 3.03. The molecule has 3 aromatic rings. The lowest BCUT2D eigenvalue weighted by atomic mass is 10.2. The molecule has 0 aliphatic heterocycles. The highest BCUT2D eigenvalue weighted by atomic mass is 35.5. The van der Waals surface area contributed by atoms with Crippen molar-refractivity contribution in [3.63, 3.8) is 0 Å². The highest BCUT2D eigenvalue weighted by Gasteiger charge is 2.08. The van der Waals surface area contributed by atoms with E-state index in [4.69, 9.17) is 23.2 Å². The fraction of sp³-hybridized carbons (Fsp3) is 0.0714. The van der Waals surface area contributed by atoms with Crippen molar-refractivity contribution in [3.8, 4) is 5.75 Å². The Kier molecular flexibility index (Phi) is 3.42. The van der Waals surface area contributed by atoms with Crippen molar-refractivity contribution in [2.24, 2.45) is 0 Å². The van der Waals surface area contributed by atoms with Gasteiger partial charge in [-0.3, -0.25) is 5.10 Å². The fourth-order valence-corrected chi connectivity index (χ4v) is 2.54. The number of anilines is 1. The molecule has 0 aliphatic rings. The largest absolute Gasteiger partial charge is 0.506 e. The summed E-state index contributed by atoms with van der Waals surface area (Å²) < 4.78 is 0. The van der Waals surface area contributed by atoms with Crippen LogP contribution in [0.4, 0.5) is 5.69 Å². The van der Waals surface area contributed by atoms with Crippen LogP contribution in [0.25, 0.3) is 10.9 Å². The number of phenolic OH excluding ortho intramolecular Hbond substituents is 1. The summed E-state index contributed by atoms with van der Waals surface area (Å²) in [5, 5.41) is 21.7. The number of nitrogens with one attached hydrogen (secondary N) is 2. The molecule has 0 bridgehead atoms. The summed E-state index contributed by atoms with van der Waals surface area (Å²) in [6, 6.07) is 9.05. The van der Waals surface area contributed by atoms with E-state index in [1.54, 1.807) is 12.3 Å². The summed E-state index contributed by atoms with van der Waals surface area (Å²) in [7, 11) is 0. The van der Waals surface area contributed by atoms with E-state index in [1.807, 2.05) is 18.2 Å². The van der Waals surface area contributed by atoms with Crippen molar-refractivity contribution in [2.45, 2.75) is 6.54 Å². The van der Waals surface area contributed by atoms with Gasteiger partial charge in [-0.15, -0.1) is 0 Å². The number of aromatic nitrogens is 2. The van der Waals surface area contributed by atoms with Crippen molar-refractivity contribution >= 4 is 39.8 Å². The van der Waals surface area contributed by atoms with Crippen molar-refractivity contribution in [2.75, 3.05) is 5.32 Å². The molecule has 0 aliphatic carbocycles. The zero-order valence-corrected chi connectivity index (χ0v) is 11.8. The molecule has 20 heavy (non-hydrogen) atoms. The lowest BCUT2D eigenvalue weighted by Crippen LogP contribution is -1.99. The minimum Gasteiger partial charge on any atom is -0.506 e. The van der Waals surface area contributed by atoms with Crippen molar-refractivity contribution in [3.05, 3.63) is 52.1 Å². The summed E-state index contributed by atoms with van der Waals surface area (Å²) in [5.41, 5.74) is 2.55. The maximum absolute atomic E-state index is 9.89. The van der Waals surface area contributed by atoms with Gasteiger partial charge in [0.2, 0.25) is 0 Å². The van der Waals surface area contributed by atoms with Gasteiger partial charge in [-0.05, 0) is 30.3 Å². The average Bonchev–Trinajstić information content (AvgIpc) is 2.88. The summed E-state index contributed by atoms with van der Waals surface area (Å²) in [6.45, 7) is 0.426. The Balaban J connectivity index is 1.82. The normalized spacial score (nSPS) is 10.9. The lowest BCUT2D eigenvalue weighted by molar-refractivity contribution is 0.469. The van der Waals surface area contributed by atoms with Gasteiger partial charge < -0.3 is 10.4 Å². The van der Waals surface area contributed by atoms with E-state index in [0.717, 1.165) is 16.6 Å². The average molecular weight is 308 g/mol. The molecule has 1 aromatic heterocycles. The second-order valence-corrected chi connectivity index (χ2v) is 5.26. The summed E-state index contributed by atoms with van der Waals surface area (Å²) in [4.78, 5) is 0. The molecular weight excluding hydrogens is 297 g/mol. The molecular formula is C14H11Cl2N3O. The Bertz CT molecular complexity index is 770. The van der Waals surface area contributed by atoms with E-state index in [0.29, 0.717) is 17.1 Å². The highest BCUT2D eigenvalue weighted by Crippen LogP contribution is 2.31. The third kappa shape index (κ3) is 2.53. The molecule has 102 valence electrons. The molecule has 0 saturated heterocycles. The maximum atomic E-state index is 9.89. The van der Waals surface area contributed by atoms with Gasteiger partial charge in [-0.1, -0.05) is 23.2 Å². The molecule has 4 nitrogen and oxygen atoms in total. The fourth-order valence-electron chi connectivity index (χ4n) is 2.00. The zero-order valence-electron chi connectivity index (χ0n) is 10.3. The molecule has 6 heteroatoms. The Morgan fingerprint density at radius 3 is 2.90 bits per heavy atom. The number of aromatic hydroxyl groups is 1. The monoisotopic (exact) mass is 307 g/mol. The minimum absolute atomic E-state index is 0.0490. The molecule has 0 atom stereocenters. The molecule has 1 heterocycles. The van der Waals surface area contributed by atoms with Crippen LogP contribution in [0.15, 0.2) is 36.5 Å². The molecule has 2 aromatic carbocycles. The van der Waals surface area contributed by atoms with Gasteiger partial charge >= 0.3 is 0 Å². The summed E-state index contributed by atoms with van der Waals surface area (Å²) >= 11 is 11.8. The van der Waals surface area contributed by atoms with Crippen LogP contribution in [0.1, 0.15) is 5.56 Å². The first kappa shape index (κ1) is 13.1. The smallest absolute Gasteiger partial charge is 0.139 e. The van der Waals surface area contributed by atoms with Crippen LogP contribution in [0.5, 0.6) is 5.75 Å². The Morgan fingerprint density at radius 2 is 2.05 bits per heavy atom. The van der Waals surface area contributed by atoms with E-state index < -0.39 is 0 Å². The Labute approximate surface area is 125 Å². The van der Waals surface area contributed by atoms with Crippen molar-refractivity contribution < 1.29 is 5.11 Å². The SMILES string of the molecule is Oc1c(Cl)cc(Cl)cc1CNc1ccc2[nH]ncc2c1. The second kappa shape index (κ2) is 5.23. The van der Waals surface area contributed by atoms with Crippen LogP contribution in [0.3, 0.4) is 0 Å². The molecule has 3 N–H and O–H groups in total. The second-order valence-electron chi connectivity index (χ2n) is 4.42. The minimum atomic E-state index is 0.0490. The number of aromatic amines is 1. The van der Waals surface area contributed by atoms with E-state index in [2.05, 4.69) is 15.5 Å². The molecule has 0 spiro atoms. The number of fused-ring (bicyclic) bond motifs is 1. The first-order chi connectivity index (χ1) is 9.63. The molecule has 0 saturated carbocycles. The number of phenols is 1. The van der Waals surface area contributed by atoms with Gasteiger partial charge in [-0.2, -0.15) is 5.10 Å². The number of hydrogen-bond acceptors (Lipinski definition) is 3. The lowest BCUT2D eigenvalue weighted by Gasteiger charge is -2.10. The topological polar surface area (TPSA) is 60.9 Å². The number of hydrogen-bond donors (Lipinski definition) is 3. The highest BCUT2D eigenvalue weighted by molar-refractivity contribution is 6.35. The molecule has 0 fully saturated rings. The van der Waals surface area contributed by atoms with Crippen molar-refractivity contribution in [1.82, 2.24) is 10.2 Å². The van der Waals surface area contributed by atoms with Gasteiger partial charge in [0.25, 0.3) is 0 Å². The number of rotatable bonds is 3. The van der Waals surface area contributed by atoms with E-state index in [9.17, 15) is 5.11 Å². The van der Waals surface area contributed by atoms with Gasteiger partial charge in [0.1, 0.15) is 5.75 Å².